The summed E-state index contributed by atoms with van der Waals surface area (Å²) in [5, 5.41) is 10.8. The first-order valence-electron chi connectivity index (χ1n) is 9.66. The fourth-order valence-electron chi connectivity index (χ4n) is 3.82. The van der Waals surface area contributed by atoms with Gasteiger partial charge in [-0.2, -0.15) is 0 Å². The first kappa shape index (κ1) is 21.9. The molecular formula is C23H19ClN2O5S. The van der Waals surface area contributed by atoms with Gasteiger partial charge in [0.05, 0.1) is 6.26 Å². The molecule has 0 atom stereocenters. The molecule has 32 heavy (non-hydrogen) atoms. The fraction of sp³-hybridized carbons (Fsp3) is 0.130. The predicted molar refractivity (Wildman–Crippen MR) is 123 cm³/mol. The van der Waals surface area contributed by atoms with Crippen LogP contribution in [0, 0.1) is 0 Å². The Hall–Kier alpha value is -3.36. The van der Waals surface area contributed by atoms with Crippen LogP contribution in [0.1, 0.15) is 28.0 Å². The van der Waals surface area contributed by atoms with Crippen LogP contribution < -0.4 is 4.72 Å². The molecule has 0 fully saturated rings. The second kappa shape index (κ2) is 8.29. The van der Waals surface area contributed by atoms with Crippen molar-refractivity contribution >= 4 is 49.8 Å². The monoisotopic (exact) mass is 470 g/mol. The van der Waals surface area contributed by atoms with Crippen LogP contribution in [0.4, 0.5) is 0 Å². The number of sulfonamides is 1. The number of Topliss-reactive ketones (excluding diaryl/α,β-unsaturated/α-hetero) is 1. The number of amides is 1. The summed E-state index contributed by atoms with van der Waals surface area (Å²) in [5.41, 5.74) is 1.91. The number of rotatable bonds is 5. The van der Waals surface area contributed by atoms with E-state index in [2.05, 4.69) is 0 Å². The molecule has 0 spiro atoms. The van der Waals surface area contributed by atoms with Gasteiger partial charge < -0.3 is 9.67 Å². The third-order valence-electron chi connectivity index (χ3n) is 5.04. The number of fused-ring (bicyclic) bond motifs is 1. The lowest BCUT2D eigenvalue weighted by molar-refractivity contribution is -0.113. The highest BCUT2D eigenvalue weighted by atomic mass is 35.5. The molecule has 1 amide bonds. The zero-order chi connectivity index (χ0) is 23.0. The molecule has 4 rings (SSSR count). The Labute approximate surface area is 189 Å². The highest BCUT2D eigenvalue weighted by molar-refractivity contribution is 7.89. The SMILES string of the molecule is CS(=O)(=O)NC(=O)c1c(C2=CC=CCC2=O)c2cc(Cl)ccc2n1Cc1cccc(O)c1. The van der Waals surface area contributed by atoms with Crippen LogP contribution in [-0.2, 0) is 21.4 Å². The number of phenols is 1. The first-order chi connectivity index (χ1) is 15.1. The molecule has 1 aliphatic carbocycles. The molecule has 0 saturated carbocycles. The van der Waals surface area contributed by atoms with Crippen molar-refractivity contribution in [2.45, 2.75) is 13.0 Å². The minimum Gasteiger partial charge on any atom is -0.508 e. The van der Waals surface area contributed by atoms with Crippen molar-refractivity contribution in [2.24, 2.45) is 0 Å². The molecule has 1 aliphatic rings. The van der Waals surface area contributed by atoms with Gasteiger partial charge >= 0.3 is 0 Å². The molecule has 9 heteroatoms. The number of carbonyl (C=O) groups excluding carboxylic acids is 2. The Morgan fingerprint density at radius 2 is 2.00 bits per heavy atom. The van der Waals surface area contributed by atoms with E-state index in [1.165, 1.54) is 6.07 Å². The standard InChI is InChI=1S/C23H19ClN2O5S/c1-32(30,31)25-23(29)22-21(17-7-2-3-8-20(17)28)18-12-15(24)9-10-19(18)26(22)13-14-5-4-6-16(27)11-14/h2-7,9-12,27H,8,13H2,1H3,(H,25,29). The Morgan fingerprint density at radius 3 is 2.69 bits per heavy atom. The van der Waals surface area contributed by atoms with E-state index >= 15 is 0 Å². The maximum Gasteiger partial charge on any atom is 0.282 e. The number of halogens is 1. The highest BCUT2D eigenvalue weighted by Crippen LogP contribution is 2.36. The van der Waals surface area contributed by atoms with Crippen molar-refractivity contribution in [3.05, 3.63) is 82.5 Å². The molecule has 1 heterocycles. The average Bonchev–Trinajstić information content (AvgIpc) is 3.00. The van der Waals surface area contributed by atoms with E-state index < -0.39 is 15.9 Å². The first-order valence-corrected chi connectivity index (χ1v) is 11.9. The van der Waals surface area contributed by atoms with Gasteiger partial charge in [0.15, 0.2) is 5.78 Å². The smallest absolute Gasteiger partial charge is 0.282 e. The summed E-state index contributed by atoms with van der Waals surface area (Å²) in [6, 6.07) is 11.5. The van der Waals surface area contributed by atoms with Crippen LogP contribution >= 0.6 is 11.6 Å². The molecule has 1 aromatic heterocycles. The molecule has 0 saturated heterocycles. The van der Waals surface area contributed by atoms with Crippen molar-refractivity contribution in [1.82, 2.24) is 9.29 Å². The zero-order valence-corrected chi connectivity index (χ0v) is 18.6. The molecule has 7 nitrogen and oxygen atoms in total. The van der Waals surface area contributed by atoms with E-state index in [0.717, 1.165) is 6.26 Å². The number of carbonyl (C=O) groups is 2. The van der Waals surface area contributed by atoms with Gasteiger partial charge in [-0.25, -0.2) is 13.1 Å². The zero-order valence-electron chi connectivity index (χ0n) is 17.0. The normalized spacial score (nSPS) is 13.9. The number of phenolic OH excluding ortho intramolecular Hbond substituents is 1. The summed E-state index contributed by atoms with van der Waals surface area (Å²) in [4.78, 5) is 26.0. The van der Waals surface area contributed by atoms with Gasteiger partial charge in [0.2, 0.25) is 10.0 Å². The Kier molecular flexibility index (Phi) is 5.66. The van der Waals surface area contributed by atoms with Gasteiger partial charge in [0, 0.05) is 40.0 Å². The molecule has 2 aromatic carbocycles. The topological polar surface area (TPSA) is 105 Å². The predicted octanol–water partition coefficient (Wildman–Crippen LogP) is 3.65. The Morgan fingerprint density at radius 1 is 1.22 bits per heavy atom. The molecule has 0 aliphatic heterocycles. The molecule has 3 aromatic rings. The maximum absolute atomic E-state index is 13.2. The molecule has 164 valence electrons. The van der Waals surface area contributed by atoms with Crippen LogP contribution in [0.2, 0.25) is 5.02 Å². The number of nitrogens with one attached hydrogen (secondary N) is 1. The van der Waals surface area contributed by atoms with Crippen molar-refractivity contribution in [1.29, 1.82) is 0 Å². The minimum absolute atomic E-state index is 0.0194. The van der Waals surface area contributed by atoms with E-state index in [0.29, 0.717) is 32.6 Å². The maximum atomic E-state index is 13.2. The average molecular weight is 471 g/mol. The van der Waals surface area contributed by atoms with Gasteiger partial charge in [-0.05, 0) is 35.9 Å². The summed E-state index contributed by atoms with van der Waals surface area (Å²) in [6.45, 7) is 0.149. The van der Waals surface area contributed by atoms with Crippen LogP contribution in [0.5, 0.6) is 5.75 Å². The van der Waals surface area contributed by atoms with E-state index in [1.54, 1.807) is 59.2 Å². The second-order valence-corrected chi connectivity index (χ2v) is 9.67. The molecular weight excluding hydrogens is 452 g/mol. The van der Waals surface area contributed by atoms with Gasteiger partial charge in [0.25, 0.3) is 5.91 Å². The van der Waals surface area contributed by atoms with E-state index in [-0.39, 0.29) is 30.2 Å². The lowest BCUT2D eigenvalue weighted by Crippen LogP contribution is -2.32. The number of benzene rings is 2. The highest BCUT2D eigenvalue weighted by Gasteiger charge is 2.29. The van der Waals surface area contributed by atoms with Gasteiger partial charge in [0.1, 0.15) is 11.4 Å². The summed E-state index contributed by atoms with van der Waals surface area (Å²) >= 11 is 6.24. The molecule has 0 unspecified atom stereocenters. The van der Waals surface area contributed by atoms with Crippen LogP contribution in [-0.4, -0.2) is 36.0 Å². The summed E-state index contributed by atoms with van der Waals surface area (Å²) < 4.78 is 27.4. The van der Waals surface area contributed by atoms with Crippen molar-refractivity contribution in [3.8, 4) is 5.75 Å². The lowest BCUT2D eigenvalue weighted by Gasteiger charge is -2.14. The Bertz CT molecular complexity index is 1430. The van der Waals surface area contributed by atoms with Gasteiger partial charge in [-0.1, -0.05) is 42.0 Å². The van der Waals surface area contributed by atoms with Gasteiger partial charge in [-0.3, -0.25) is 9.59 Å². The third-order valence-corrected chi connectivity index (χ3v) is 5.83. The van der Waals surface area contributed by atoms with Crippen molar-refractivity contribution in [3.63, 3.8) is 0 Å². The number of hydrogen-bond donors (Lipinski definition) is 2. The van der Waals surface area contributed by atoms with Crippen LogP contribution in [0.3, 0.4) is 0 Å². The molecule has 2 N–H and O–H groups in total. The lowest BCUT2D eigenvalue weighted by atomic mass is 9.93. The third kappa shape index (κ3) is 4.32. The number of nitrogens with zero attached hydrogens (tertiary/aromatic N) is 1. The number of ketones is 1. The molecule has 0 bridgehead atoms. The minimum atomic E-state index is -3.87. The number of hydrogen-bond acceptors (Lipinski definition) is 5. The fourth-order valence-corrected chi connectivity index (χ4v) is 4.42. The number of aromatic nitrogens is 1. The quantitative estimate of drug-likeness (QED) is 0.592. The summed E-state index contributed by atoms with van der Waals surface area (Å²) in [7, 11) is -3.87. The van der Waals surface area contributed by atoms with Crippen LogP contribution in [0.25, 0.3) is 16.5 Å². The van der Waals surface area contributed by atoms with E-state index in [1.807, 2.05) is 4.72 Å². The van der Waals surface area contributed by atoms with Gasteiger partial charge in [-0.15, -0.1) is 0 Å². The molecule has 0 radical (unpaired) electrons. The summed E-state index contributed by atoms with van der Waals surface area (Å²) in [6.07, 6.45) is 6.09. The number of aromatic hydroxyl groups is 1. The van der Waals surface area contributed by atoms with E-state index in [9.17, 15) is 23.1 Å². The number of allylic oxidation sites excluding steroid dienone is 4. The largest absolute Gasteiger partial charge is 0.508 e. The van der Waals surface area contributed by atoms with Crippen molar-refractivity contribution in [2.75, 3.05) is 6.26 Å². The van der Waals surface area contributed by atoms with E-state index in [4.69, 9.17) is 11.6 Å². The van der Waals surface area contributed by atoms with Crippen LogP contribution in [0.15, 0.2) is 60.7 Å². The second-order valence-electron chi connectivity index (χ2n) is 7.48. The summed E-state index contributed by atoms with van der Waals surface area (Å²) in [5.74, 6) is -1.00. The Balaban J connectivity index is 2.05. The van der Waals surface area contributed by atoms with Crippen molar-refractivity contribution < 1.29 is 23.1 Å².